The lowest BCUT2D eigenvalue weighted by molar-refractivity contribution is 0.245. The maximum Gasteiger partial charge on any atom is 0.0399 e. The molecule has 0 amide bonds. The predicted octanol–water partition coefficient (Wildman–Crippen LogP) is 3.51. The van der Waals surface area contributed by atoms with Crippen molar-refractivity contribution in [1.82, 2.24) is 0 Å². The first-order chi connectivity index (χ1) is 9.78. The SMILES string of the molecule is Cc1ccc2c(c1)CCCN2CC1CCCCC1CN. The van der Waals surface area contributed by atoms with Gasteiger partial charge in [-0.3, -0.25) is 0 Å². The Balaban J connectivity index is 1.75. The van der Waals surface area contributed by atoms with Crippen molar-refractivity contribution in [2.24, 2.45) is 17.6 Å². The summed E-state index contributed by atoms with van der Waals surface area (Å²) in [5.74, 6) is 1.56. The third-order valence-electron chi connectivity index (χ3n) is 5.27. The van der Waals surface area contributed by atoms with Crippen LogP contribution in [0.4, 0.5) is 5.69 Å². The minimum Gasteiger partial charge on any atom is -0.371 e. The molecular weight excluding hydrogens is 244 g/mol. The highest BCUT2D eigenvalue weighted by molar-refractivity contribution is 5.56. The lowest BCUT2D eigenvalue weighted by Crippen LogP contribution is -2.39. The van der Waals surface area contributed by atoms with E-state index in [2.05, 4.69) is 30.0 Å². The molecule has 2 atom stereocenters. The summed E-state index contributed by atoms with van der Waals surface area (Å²) < 4.78 is 0. The Morgan fingerprint density at radius 1 is 1.15 bits per heavy atom. The highest BCUT2D eigenvalue weighted by Crippen LogP contribution is 2.34. The van der Waals surface area contributed by atoms with Gasteiger partial charge in [-0.15, -0.1) is 0 Å². The topological polar surface area (TPSA) is 29.3 Å². The zero-order chi connectivity index (χ0) is 13.9. The molecule has 1 aliphatic heterocycles. The van der Waals surface area contributed by atoms with Crippen LogP contribution in [-0.2, 0) is 6.42 Å². The van der Waals surface area contributed by atoms with Gasteiger partial charge in [0.25, 0.3) is 0 Å². The van der Waals surface area contributed by atoms with Crippen molar-refractivity contribution in [3.8, 4) is 0 Å². The lowest BCUT2D eigenvalue weighted by atomic mass is 9.78. The number of rotatable bonds is 3. The van der Waals surface area contributed by atoms with Crippen LogP contribution in [0.3, 0.4) is 0 Å². The summed E-state index contributed by atoms with van der Waals surface area (Å²) in [6, 6.07) is 6.98. The summed E-state index contributed by atoms with van der Waals surface area (Å²) in [6.07, 6.45) is 8.05. The van der Waals surface area contributed by atoms with E-state index in [1.165, 1.54) is 62.9 Å². The van der Waals surface area contributed by atoms with Crippen LogP contribution in [-0.4, -0.2) is 19.6 Å². The molecule has 1 fully saturated rings. The molecule has 1 heterocycles. The molecule has 0 spiro atoms. The first-order valence-electron chi connectivity index (χ1n) is 8.32. The molecule has 2 nitrogen and oxygen atoms in total. The highest BCUT2D eigenvalue weighted by Gasteiger charge is 2.27. The second-order valence-corrected chi connectivity index (χ2v) is 6.72. The van der Waals surface area contributed by atoms with Crippen molar-refractivity contribution in [3.63, 3.8) is 0 Å². The molecule has 2 heteroatoms. The van der Waals surface area contributed by atoms with Gasteiger partial charge in [0.05, 0.1) is 0 Å². The van der Waals surface area contributed by atoms with Gasteiger partial charge in [-0.25, -0.2) is 0 Å². The third kappa shape index (κ3) is 2.85. The molecule has 2 N–H and O–H groups in total. The Kier molecular flexibility index (Phi) is 4.30. The normalized spacial score (nSPS) is 26.4. The van der Waals surface area contributed by atoms with Gasteiger partial charge in [0.1, 0.15) is 0 Å². The van der Waals surface area contributed by atoms with E-state index in [0.29, 0.717) is 0 Å². The van der Waals surface area contributed by atoms with Crippen molar-refractivity contribution < 1.29 is 0 Å². The van der Waals surface area contributed by atoms with E-state index in [4.69, 9.17) is 5.73 Å². The Hall–Kier alpha value is -1.02. The summed E-state index contributed by atoms with van der Waals surface area (Å²) in [4.78, 5) is 2.64. The molecular formula is C18H28N2. The Bertz CT molecular complexity index is 455. The summed E-state index contributed by atoms with van der Waals surface area (Å²) >= 11 is 0. The van der Waals surface area contributed by atoms with Crippen LogP contribution in [0.2, 0.25) is 0 Å². The molecule has 2 aliphatic rings. The van der Waals surface area contributed by atoms with Crippen molar-refractivity contribution in [2.75, 3.05) is 24.5 Å². The summed E-state index contributed by atoms with van der Waals surface area (Å²) in [5.41, 5.74) is 10.4. The fourth-order valence-corrected chi connectivity index (χ4v) is 4.11. The molecule has 20 heavy (non-hydrogen) atoms. The number of nitrogens with two attached hydrogens (primary N) is 1. The van der Waals surface area contributed by atoms with E-state index in [1.54, 1.807) is 5.56 Å². The van der Waals surface area contributed by atoms with Crippen LogP contribution in [0.25, 0.3) is 0 Å². The lowest BCUT2D eigenvalue weighted by Gasteiger charge is -2.38. The molecule has 0 bridgehead atoms. The molecule has 1 aromatic carbocycles. The van der Waals surface area contributed by atoms with Crippen molar-refractivity contribution in [3.05, 3.63) is 29.3 Å². The number of hydrogen-bond donors (Lipinski definition) is 1. The number of fused-ring (bicyclic) bond motifs is 1. The van der Waals surface area contributed by atoms with Crippen LogP contribution < -0.4 is 10.6 Å². The van der Waals surface area contributed by atoms with E-state index < -0.39 is 0 Å². The third-order valence-corrected chi connectivity index (χ3v) is 5.27. The predicted molar refractivity (Wildman–Crippen MR) is 86.2 cm³/mol. The van der Waals surface area contributed by atoms with E-state index in [-0.39, 0.29) is 0 Å². The molecule has 1 aromatic rings. The van der Waals surface area contributed by atoms with E-state index in [1.807, 2.05) is 0 Å². The highest BCUT2D eigenvalue weighted by atomic mass is 15.1. The fraction of sp³-hybridized carbons (Fsp3) is 0.667. The minimum atomic E-state index is 0.750. The minimum absolute atomic E-state index is 0.750. The van der Waals surface area contributed by atoms with Gasteiger partial charge in [-0.2, -0.15) is 0 Å². The summed E-state index contributed by atoms with van der Waals surface area (Å²) in [5, 5.41) is 0. The van der Waals surface area contributed by atoms with Crippen LogP contribution >= 0.6 is 0 Å². The first kappa shape index (κ1) is 13.9. The Morgan fingerprint density at radius 3 is 2.75 bits per heavy atom. The number of nitrogens with zero attached hydrogens (tertiary/aromatic N) is 1. The standard InChI is InChI=1S/C18H28N2/c1-14-8-9-18-15(11-14)7-4-10-20(18)13-17-6-3-2-5-16(17)12-19/h8-9,11,16-17H,2-7,10,12-13,19H2,1H3. The number of anilines is 1. The second kappa shape index (κ2) is 6.17. The Labute approximate surface area is 123 Å². The van der Waals surface area contributed by atoms with Crippen LogP contribution in [0.1, 0.15) is 43.2 Å². The maximum atomic E-state index is 5.99. The Morgan fingerprint density at radius 2 is 1.95 bits per heavy atom. The largest absolute Gasteiger partial charge is 0.371 e. The number of benzene rings is 1. The maximum absolute atomic E-state index is 5.99. The van der Waals surface area contributed by atoms with Crippen LogP contribution in [0.5, 0.6) is 0 Å². The van der Waals surface area contributed by atoms with Gasteiger partial charge in [0, 0.05) is 18.8 Å². The fourth-order valence-electron chi connectivity index (χ4n) is 4.11. The van der Waals surface area contributed by atoms with E-state index in [0.717, 1.165) is 18.4 Å². The molecule has 2 unspecified atom stereocenters. The van der Waals surface area contributed by atoms with Gasteiger partial charge in [0.2, 0.25) is 0 Å². The van der Waals surface area contributed by atoms with Crippen molar-refractivity contribution >= 4 is 5.69 Å². The first-order valence-corrected chi connectivity index (χ1v) is 8.32. The summed E-state index contributed by atoms with van der Waals surface area (Å²) in [7, 11) is 0. The monoisotopic (exact) mass is 272 g/mol. The zero-order valence-corrected chi connectivity index (χ0v) is 12.8. The van der Waals surface area contributed by atoms with Gasteiger partial charge in [-0.1, -0.05) is 30.5 Å². The van der Waals surface area contributed by atoms with Crippen molar-refractivity contribution in [1.29, 1.82) is 0 Å². The summed E-state index contributed by atoms with van der Waals surface area (Å²) in [6.45, 7) is 5.52. The molecule has 0 radical (unpaired) electrons. The van der Waals surface area contributed by atoms with Crippen molar-refractivity contribution in [2.45, 2.75) is 45.4 Å². The average molecular weight is 272 g/mol. The van der Waals surface area contributed by atoms with Gasteiger partial charge < -0.3 is 10.6 Å². The van der Waals surface area contributed by atoms with Gasteiger partial charge >= 0.3 is 0 Å². The molecule has 110 valence electrons. The van der Waals surface area contributed by atoms with E-state index in [9.17, 15) is 0 Å². The quantitative estimate of drug-likeness (QED) is 0.912. The molecule has 1 saturated carbocycles. The molecule has 0 saturated heterocycles. The van der Waals surface area contributed by atoms with Crippen LogP contribution in [0.15, 0.2) is 18.2 Å². The zero-order valence-electron chi connectivity index (χ0n) is 12.8. The average Bonchev–Trinajstić information content (AvgIpc) is 2.47. The smallest absolute Gasteiger partial charge is 0.0399 e. The number of aryl methyl sites for hydroxylation is 2. The number of hydrogen-bond acceptors (Lipinski definition) is 2. The molecule has 1 aliphatic carbocycles. The molecule has 0 aromatic heterocycles. The van der Waals surface area contributed by atoms with Gasteiger partial charge in [0.15, 0.2) is 0 Å². The van der Waals surface area contributed by atoms with Crippen LogP contribution in [0, 0.1) is 18.8 Å². The second-order valence-electron chi connectivity index (χ2n) is 6.72. The molecule has 3 rings (SSSR count). The van der Waals surface area contributed by atoms with E-state index >= 15 is 0 Å². The van der Waals surface area contributed by atoms with Gasteiger partial charge in [-0.05, 0) is 62.6 Å².